The molecule has 2 rings (SSSR count). The van der Waals surface area contributed by atoms with Gasteiger partial charge >= 0.3 is 0 Å². The van der Waals surface area contributed by atoms with E-state index in [1.54, 1.807) is 19.1 Å². The van der Waals surface area contributed by atoms with E-state index >= 15 is 0 Å². The summed E-state index contributed by atoms with van der Waals surface area (Å²) >= 11 is 0. The lowest BCUT2D eigenvalue weighted by Crippen LogP contribution is -2.50. The van der Waals surface area contributed by atoms with Crippen molar-refractivity contribution in [2.24, 2.45) is 0 Å². The summed E-state index contributed by atoms with van der Waals surface area (Å²) in [7, 11) is 0. The third-order valence-corrected chi connectivity index (χ3v) is 3.80. The van der Waals surface area contributed by atoms with Gasteiger partial charge in [-0.3, -0.25) is 4.79 Å². The number of carbonyl (C=O) groups is 1. The van der Waals surface area contributed by atoms with Crippen molar-refractivity contribution in [2.75, 3.05) is 11.9 Å². The smallest absolute Gasteiger partial charge is 0.244 e. The van der Waals surface area contributed by atoms with Gasteiger partial charge in [0.2, 0.25) is 5.91 Å². The van der Waals surface area contributed by atoms with E-state index < -0.39 is 5.54 Å². The first-order valence-electron chi connectivity index (χ1n) is 6.40. The van der Waals surface area contributed by atoms with Crippen LogP contribution in [-0.2, 0) is 4.79 Å². The summed E-state index contributed by atoms with van der Waals surface area (Å²) in [5, 5.41) is 6.11. The molecule has 1 aliphatic heterocycles. The molecule has 1 aromatic carbocycles. The van der Waals surface area contributed by atoms with E-state index in [9.17, 15) is 9.18 Å². The summed E-state index contributed by atoms with van der Waals surface area (Å²) in [4.78, 5) is 12.3. The average Bonchev–Trinajstić information content (AvgIpc) is 2.85. The molecule has 1 atom stereocenters. The standard InChI is InChI=1S/C14H19FN2O/c1-3-14(8-5-9-16-14)13(18)17-12-7-4-6-11(15)10(12)2/h4,6-7,16H,3,5,8-9H2,1-2H3,(H,17,18). The molecule has 18 heavy (non-hydrogen) atoms. The van der Waals surface area contributed by atoms with E-state index in [1.165, 1.54) is 6.07 Å². The zero-order valence-electron chi connectivity index (χ0n) is 10.8. The normalized spacial score (nSPS) is 23.1. The number of hydrogen-bond donors (Lipinski definition) is 2. The molecule has 2 N–H and O–H groups in total. The van der Waals surface area contributed by atoms with Gasteiger partial charge in [0.25, 0.3) is 0 Å². The fraction of sp³-hybridized carbons (Fsp3) is 0.500. The molecule has 1 fully saturated rings. The Hall–Kier alpha value is -1.42. The molecule has 98 valence electrons. The van der Waals surface area contributed by atoms with Gasteiger partial charge in [0.15, 0.2) is 0 Å². The van der Waals surface area contributed by atoms with Gasteiger partial charge < -0.3 is 10.6 Å². The number of anilines is 1. The van der Waals surface area contributed by atoms with E-state index in [-0.39, 0.29) is 11.7 Å². The third-order valence-electron chi connectivity index (χ3n) is 3.80. The number of amides is 1. The van der Waals surface area contributed by atoms with Crippen molar-refractivity contribution in [3.05, 3.63) is 29.6 Å². The molecule has 0 bridgehead atoms. The molecule has 3 nitrogen and oxygen atoms in total. The highest BCUT2D eigenvalue weighted by Gasteiger charge is 2.39. The van der Waals surface area contributed by atoms with Crippen LogP contribution in [0.2, 0.25) is 0 Å². The molecule has 1 heterocycles. The van der Waals surface area contributed by atoms with Crippen LogP contribution in [-0.4, -0.2) is 18.0 Å². The maximum atomic E-state index is 13.4. The zero-order valence-corrected chi connectivity index (χ0v) is 10.8. The quantitative estimate of drug-likeness (QED) is 0.865. The van der Waals surface area contributed by atoms with Gasteiger partial charge in [0, 0.05) is 11.3 Å². The lowest BCUT2D eigenvalue weighted by molar-refractivity contribution is -0.122. The van der Waals surface area contributed by atoms with Crippen LogP contribution in [0.4, 0.5) is 10.1 Å². The topological polar surface area (TPSA) is 41.1 Å². The van der Waals surface area contributed by atoms with Crippen molar-refractivity contribution in [2.45, 2.75) is 38.6 Å². The largest absolute Gasteiger partial charge is 0.324 e. The molecule has 0 radical (unpaired) electrons. The number of nitrogens with one attached hydrogen (secondary N) is 2. The molecule has 1 aromatic rings. The number of benzene rings is 1. The van der Waals surface area contributed by atoms with E-state index in [0.717, 1.165) is 25.8 Å². The molecule has 1 unspecified atom stereocenters. The van der Waals surface area contributed by atoms with Crippen LogP contribution in [0.3, 0.4) is 0 Å². The fourth-order valence-electron chi connectivity index (χ4n) is 2.45. The molecule has 4 heteroatoms. The molecular weight excluding hydrogens is 231 g/mol. The van der Waals surface area contributed by atoms with Crippen molar-refractivity contribution in [3.8, 4) is 0 Å². The van der Waals surface area contributed by atoms with Crippen LogP contribution in [0.25, 0.3) is 0 Å². The third kappa shape index (κ3) is 2.25. The van der Waals surface area contributed by atoms with Gasteiger partial charge in [-0.1, -0.05) is 13.0 Å². The predicted octanol–water partition coefficient (Wildman–Crippen LogP) is 2.60. The lowest BCUT2D eigenvalue weighted by Gasteiger charge is -2.27. The van der Waals surface area contributed by atoms with Crippen LogP contribution < -0.4 is 10.6 Å². The summed E-state index contributed by atoms with van der Waals surface area (Å²) in [6, 6.07) is 4.74. The van der Waals surface area contributed by atoms with Crippen LogP contribution in [0, 0.1) is 12.7 Å². The highest BCUT2D eigenvalue weighted by atomic mass is 19.1. The van der Waals surface area contributed by atoms with Crippen molar-refractivity contribution < 1.29 is 9.18 Å². The second-order valence-electron chi connectivity index (χ2n) is 4.83. The van der Waals surface area contributed by atoms with Gasteiger partial charge in [0.05, 0.1) is 5.54 Å². The predicted molar refractivity (Wildman–Crippen MR) is 70.0 cm³/mol. The SMILES string of the molecule is CCC1(C(=O)Nc2cccc(F)c2C)CCCN1. The minimum Gasteiger partial charge on any atom is -0.324 e. The highest BCUT2D eigenvalue weighted by molar-refractivity contribution is 5.98. The van der Waals surface area contributed by atoms with Crippen molar-refractivity contribution >= 4 is 11.6 Å². The molecule has 1 amide bonds. The molecule has 0 aromatic heterocycles. The lowest BCUT2D eigenvalue weighted by atomic mass is 9.93. The van der Waals surface area contributed by atoms with Crippen LogP contribution in [0.15, 0.2) is 18.2 Å². The highest BCUT2D eigenvalue weighted by Crippen LogP contribution is 2.26. The number of rotatable bonds is 3. The Morgan fingerprint density at radius 3 is 2.94 bits per heavy atom. The first kappa shape index (κ1) is 13.0. The Morgan fingerprint density at radius 2 is 2.33 bits per heavy atom. The number of carbonyl (C=O) groups excluding carboxylic acids is 1. The monoisotopic (exact) mass is 250 g/mol. The van der Waals surface area contributed by atoms with E-state index in [1.807, 2.05) is 6.92 Å². The Bertz CT molecular complexity index is 453. The van der Waals surface area contributed by atoms with Crippen molar-refractivity contribution in [3.63, 3.8) is 0 Å². The van der Waals surface area contributed by atoms with Crippen molar-refractivity contribution in [1.82, 2.24) is 5.32 Å². The first-order chi connectivity index (χ1) is 8.59. The summed E-state index contributed by atoms with van der Waals surface area (Å²) in [6.07, 6.45) is 2.58. The van der Waals surface area contributed by atoms with Crippen LogP contribution in [0.1, 0.15) is 31.7 Å². The Balaban J connectivity index is 2.18. The Morgan fingerprint density at radius 1 is 1.56 bits per heavy atom. The molecule has 0 aliphatic carbocycles. The van der Waals surface area contributed by atoms with E-state index in [0.29, 0.717) is 11.3 Å². The van der Waals surface area contributed by atoms with Gasteiger partial charge in [-0.2, -0.15) is 0 Å². The summed E-state index contributed by atoms with van der Waals surface area (Å²) in [5.41, 5.74) is 0.551. The molecule has 0 saturated carbocycles. The minimum atomic E-state index is -0.487. The zero-order chi connectivity index (χ0) is 13.2. The van der Waals surface area contributed by atoms with Crippen LogP contribution in [0.5, 0.6) is 0 Å². The molecule has 0 spiro atoms. The second-order valence-corrected chi connectivity index (χ2v) is 4.83. The fourth-order valence-corrected chi connectivity index (χ4v) is 2.45. The first-order valence-corrected chi connectivity index (χ1v) is 6.40. The molecule has 1 aliphatic rings. The van der Waals surface area contributed by atoms with Crippen LogP contribution >= 0.6 is 0 Å². The number of halogens is 1. The maximum absolute atomic E-state index is 13.4. The van der Waals surface area contributed by atoms with E-state index in [4.69, 9.17) is 0 Å². The van der Waals surface area contributed by atoms with Gasteiger partial charge in [0.1, 0.15) is 5.82 Å². The maximum Gasteiger partial charge on any atom is 0.244 e. The Labute approximate surface area is 107 Å². The second kappa shape index (κ2) is 5.06. The molecular formula is C14H19FN2O. The summed E-state index contributed by atoms with van der Waals surface area (Å²) in [6.45, 7) is 4.53. The average molecular weight is 250 g/mol. The number of hydrogen-bond acceptors (Lipinski definition) is 2. The summed E-state index contributed by atoms with van der Waals surface area (Å²) in [5.74, 6) is -0.353. The van der Waals surface area contributed by atoms with Gasteiger partial charge in [-0.25, -0.2) is 4.39 Å². The molecule has 1 saturated heterocycles. The van der Waals surface area contributed by atoms with Gasteiger partial charge in [-0.05, 0) is 44.9 Å². The van der Waals surface area contributed by atoms with Gasteiger partial charge in [-0.15, -0.1) is 0 Å². The Kier molecular flexibility index (Phi) is 3.66. The van der Waals surface area contributed by atoms with E-state index in [2.05, 4.69) is 10.6 Å². The minimum absolute atomic E-state index is 0.0591. The van der Waals surface area contributed by atoms with Crippen molar-refractivity contribution in [1.29, 1.82) is 0 Å². The summed E-state index contributed by atoms with van der Waals surface area (Å²) < 4.78 is 13.4.